The topological polar surface area (TPSA) is 74.7 Å². The number of methoxy groups -OCH3 is 1. The third-order valence-electron chi connectivity index (χ3n) is 4.29. The standard InChI is InChI=1S/C19H23N3O3S/c1-13(23)21-19-20-11-16(26-19)12-22-7-5-14(6-8-22)9-15-3-4-17(24)18(10-15)25-2/h3-4,9-11,24H,5-8,12H2,1-2H3,(H,20,21,23). The molecule has 1 saturated heterocycles. The van der Waals surface area contributed by atoms with E-state index >= 15 is 0 Å². The molecule has 0 aliphatic carbocycles. The van der Waals surface area contributed by atoms with Crippen LogP contribution >= 0.6 is 11.3 Å². The van der Waals surface area contributed by atoms with Gasteiger partial charge in [-0.25, -0.2) is 4.98 Å². The first-order valence-corrected chi connectivity index (χ1v) is 9.36. The number of rotatable bonds is 5. The minimum Gasteiger partial charge on any atom is -0.504 e. The predicted molar refractivity (Wildman–Crippen MR) is 104 cm³/mol. The Morgan fingerprint density at radius 2 is 2.19 bits per heavy atom. The van der Waals surface area contributed by atoms with Gasteiger partial charge in [0.2, 0.25) is 5.91 Å². The molecular formula is C19H23N3O3S. The minimum atomic E-state index is -0.0930. The van der Waals surface area contributed by atoms with Gasteiger partial charge in [-0.05, 0) is 30.5 Å². The highest BCUT2D eigenvalue weighted by Gasteiger charge is 2.16. The van der Waals surface area contributed by atoms with Crippen LogP contribution in [0, 0.1) is 0 Å². The summed E-state index contributed by atoms with van der Waals surface area (Å²) in [5.41, 5.74) is 2.45. The lowest BCUT2D eigenvalue weighted by Gasteiger charge is -2.27. The van der Waals surface area contributed by atoms with Crippen LogP contribution in [0.4, 0.5) is 5.13 Å². The maximum atomic E-state index is 11.1. The van der Waals surface area contributed by atoms with Crippen LogP contribution in [0.2, 0.25) is 0 Å². The molecule has 3 rings (SSSR count). The summed E-state index contributed by atoms with van der Waals surface area (Å²) in [5.74, 6) is 0.564. The zero-order valence-electron chi connectivity index (χ0n) is 15.0. The zero-order chi connectivity index (χ0) is 18.5. The number of phenolic OH excluding ortho intramolecular Hbond substituents is 1. The Morgan fingerprint density at radius 1 is 1.42 bits per heavy atom. The summed E-state index contributed by atoms with van der Waals surface area (Å²) < 4.78 is 5.17. The number of phenols is 1. The number of likely N-dealkylation sites (tertiary alicyclic amines) is 1. The van der Waals surface area contributed by atoms with Crippen molar-refractivity contribution in [2.45, 2.75) is 26.3 Å². The number of carbonyl (C=O) groups is 1. The Labute approximate surface area is 157 Å². The number of carbonyl (C=O) groups excluding carboxylic acids is 1. The van der Waals surface area contributed by atoms with E-state index in [1.54, 1.807) is 13.2 Å². The van der Waals surface area contributed by atoms with Crippen molar-refractivity contribution >= 4 is 28.5 Å². The lowest BCUT2D eigenvalue weighted by Crippen LogP contribution is -2.29. The second-order valence-corrected chi connectivity index (χ2v) is 7.44. The molecule has 1 fully saturated rings. The van der Waals surface area contributed by atoms with E-state index < -0.39 is 0 Å². The molecule has 6 nitrogen and oxygen atoms in total. The van der Waals surface area contributed by atoms with Crippen LogP contribution < -0.4 is 10.1 Å². The molecule has 0 unspecified atom stereocenters. The number of ether oxygens (including phenoxy) is 1. The summed E-state index contributed by atoms with van der Waals surface area (Å²) in [7, 11) is 1.56. The highest BCUT2D eigenvalue weighted by Crippen LogP contribution is 2.29. The van der Waals surface area contributed by atoms with E-state index in [-0.39, 0.29) is 11.7 Å². The summed E-state index contributed by atoms with van der Waals surface area (Å²) in [6.07, 6.45) is 6.05. The molecule has 0 spiro atoms. The molecule has 1 aromatic heterocycles. The SMILES string of the molecule is COc1cc(C=C2CCN(Cc3cnc(NC(C)=O)s3)CC2)ccc1O. The van der Waals surface area contributed by atoms with Gasteiger partial charge in [-0.1, -0.05) is 17.7 Å². The molecule has 138 valence electrons. The summed E-state index contributed by atoms with van der Waals surface area (Å²) in [5, 5.41) is 13.1. The van der Waals surface area contributed by atoms with Crippen LogP contribution in [0.15, 0.2) is 30.0 Å². The summed E-state index contributed by atoms with van der Waals surface area (Å²) >= 11 is 1.53. The molecule has 1 amide bonds. The monoisotopic (exact) mass is 373 g/mol. The van der Waals surface area contributed by atoms with Gasteiger partial charge < -0.3 is 15.2 Å². The van der Waals surface area contributed by atoms with Gasteiger partial charge in [-0.3, -0.25) is 9.69 Å². The van der Waals surface area contributed by atoms with Crippen molar-refractivity contribution in [1.29, 1.82) is 0 Å². The number of anilines is 1. The molecule has 26 heavy (non-hydrogen) atoms. The van der Waals surface area contributed by atoms with E-state index in [1.165, 1.54) is 23.8 Å². The molecule has 0 bridgehead atoms. The molecule has 1 aliphatic heterocycles. The first-order chi connectivity index (χ1) is 12.5. The third kappa shape index (κ3) is 4.83. The number of thiazole rings is 1. The third-order valence-corrected chi connectivity index (χ3v) is 5.19. The van der Waals surface area contributed by atoms with Gasteiger partial charge in [0.1, 0.15) is 0 Å². The number of piperidine rings is 1. The maximum Gasteiger partial charge on any atom is 0.223 e. The first-order valence-electron chi connectivity index (χ1n) is 8.54. The maximum absolute atomic E-state index is 11.1. The van der Waals surface area contributed by atoms with E-state index in [4.69, 9.17) is 4.74 Å². The van der Waals surface area contributed by atoms with Crippen molar-refractivity contribution in [1.82, 2.24) is 9.88 Å². The number of hydrogen-bond acceptors (Lipinski definition) is 6. The van der Waals surface area contributed by atoms with E-state index in [2.05, 4.69) is 21.3 Å². The van der Waals surface area contributed by atoms with E-state index in [1.807, 2.05) is 18.3 Å². The van der Waals surface area contributed by atoms with Gasteiger partial charge in [-0.2, -0.15) is 0 Å². The van der Waals surface area contributed by atoms with Crippen LogP contribution in [0.5, 0.6) is 11.5 Å². The van der Waals surface area contributed by atoms with Gasteiger partial charge in [0.15, 0.2) is 16.6 Å². The summed E-state index contributed by atoms with van der Waals surface area (Å²) in [6.45, 7) is 4.34. The number of nitrogens with one attached hydrogen (secondary N) is 1. The average molecular weight is 373 g/mol. The van der Waals surface area contributed by atoms with Crippen LogP contribution in [-0.4, -0.2) is 41.1 Å². The molecule has 1 aliphatic rings. The molecule has 2 heterocycles. The molecule has 0 atom stereocenters. The fourth-order valence-electron chi connectivity index (χ4n) is 2.97. The molecule has 2 N–H and O–H groups in total. The number of aromatic hydroxyl groups is 1. The fraction of sp³-hybridized carbons (Fsp3) is 0.368. The normalized spacial score (nSPS) is 14.9. The van der Waals surface area contributed by atoms with Crippen molar-refractivity contribution in [3.8, 4) is 11.5 Å². The molecule has 7 heteroatoms. The lowest BCUT2D eigenvalue weighted by atomic mass is 10.0. The lowest BCUT2D eigenvalue weighted by molar-refractivity contribution is -0.114. The van der Waals surface area contributed by atoms with Gasteiger partial charge >= 0.3 is 0 Å². The highest BCUT2D eigenvalue weighted by atomic mass is 32.1. The Kier molecular flexibility index (Phi) is 5.90. The molecular weight excluding hydrogens is 350 g/mol. The Bertz CT molecular complexity index is 806. The van der Waals surface area contributed by atoms with Crippen molar-refractivity contribution in [2.75, 3.05) is 25.5 Å². The van der Waals surface area contributed by atoms with E-state index in [9.17, 15) is 9.90 Å². The number of benzene rings is 1. The van der Waals surface area contributed by atoms with Crippen LogP contribution in [0.3, 0.4) is 0 Å². The Morgan fingerprint density at radius 3 is 2.88 bits per heavy atom. The van der Waals surface area contributed by atoms with Gasteiger partial charge in [0, 0.05) is 37.6 Å². The number of nitrogens with zero attached hydrogens (tertiary/aromatic N) is 2. The van der Waals surface area contributed by atoms with Crippen LogP contribution in [-0.2, 0) is 11.3 Å². The van der Waals surface area contributed by atoms with Crippen molar-refractivity contribution in [3.05, 3.63) is 40.4 Å². The van der Waals surface area contributed by atoms with E-state index in [0.29, 0.717) is 10.9 Å². The van der Waals surface area contributed by atoms with Crippen LogP contribution in [0.1, 0.15) is 30.2 Å². The predicted octanol–water partition coefficient (Wildman–Crippen LogP) is 3.50. The zero-order valence-corrected chi connectivity index (χ0v) is 15.8. The van der Waals surface area contributed by atoms with Crippen molar-refractivity contribution < 1.29 is 14.6 Å². The quantitative estimate of drug-likeness (QED) is 0.839. The molecule has 1 aromatic carbocycles. The molecule has 0 saturated carbocycles. The largest absolute Gasteiger partial charge is 0.504 e. The summed E-state index contributed by atoms with van der Waals surface area (Å²) in [4.78, 5) is 18.9. The number of amides is 1. The van der Waals surface area contributed by atoms with Gasteiger partial charge in [0.05, 0.1) is 7.11 Å². The Balaban J connectivity index is 1.55. The average Bonchev–Trinajstić information content (AvgIpc) is 3.04. The van der Waals surface area contributed by atoms with Crippen LogP contribution in [0.25, 0.3) is 6.08 Å². The first kappa shape index (κ1) is 18.4. The smallest absolute Gasteiger partial charge is 0.223 e. The second-order valence-electron chi connectivity index (χ2n) is 6.32. The molecule has 0 radical (unpaired) electrons. The van der Waals surface area contributed by atoms with E-state index in [0.717, 1.165) is 42.9 Å². The minimum absolute atomic E-state index is 0.0930. The van der Waals surface area contributed by atoms with Gasteiger partial charge in [-0.15, -0.1) is 11.3 Å². The fourth-order valence-corrected chi connectivity index (χ4v) is 3.87. The second kappa shape index (κ2) is 8.33. The summed E-state index contributed by atoms with van der Waals surface area (Å²) in [6, 6.07) is 5.42. The molecule has 2 aromatic rings. The number of aromatic nitrogens is 1. The van der Waals surface area contributed by atoms with Crippen molar-refractivity contribution in [2.24, 2.45) is 0 Å². The Hall–Kier alpha value is -2.38. The van der Waals surface area contributed by atoms with Gasteiger partial charge in [0.25, 0.3) is 0 Å². The number of hydrogen-bond donors (Lipinski definition) is 2. The highest BCUT2D eigenvalue weighted by molar-refractivity contribution is 7.15. The van der Waals surface area contributed by atoms with Crippen molar-refractivity contribution in [3.63, 3.8) is 0 Å².